The highest BCUT2D eigenvalue weighted by atomic mass is 32.2. The molecule has 18 heavy (non-hydrogen) atoms. The molecule has 0 saturated carbocycles. The Morgan fingerprint density at radius 3 is 2.28 bits per heavy atom. The lowest BCUT2D eigenvalue weighted by Crippen LogP contribution is -2.22. The van der Waals surface area contributed by atoms with E-state index >= 15 is 0 Å². The van der Waals surface area contributed by atoms with Crippen LogP contribution in [0, 0.1) is 5.92 Å². The minimum Gasteiger partial charge on any atom is -0.385 e. The molecule has 3 N–H and O–H groups in total. The van der Waals surface area contributed by atoms with E-state index in [9.17, 15) is 8.42 Å². The van der Waals surface area contributed by atoms with Crippen LogP contribution < -0.4 is 11.1 Å². The van der Waals surface area contributed by atoms with E-state index in [1.807, 2.05) is 0 Å². The van der Waals surface area contributed by atoms with Gasteiger partial charge in [-0.15, -0.1) is 0 Å². The number of anilines is 1. The van der Waals surface area contributed by atoms with Gasteiger partial charge in [0.2, 0.25) is 10.0 Å². The molecule has 1 atom stereocenters. The summed E-state index contributed by atoms with van der Waals surface area (Å²) in [6.45, 7) is 3.45. The molecule has 1 aromatic rings. The monoisotopic (exact) mass is 271 g/mol. The fourth-order valence-electron chi connectivity index (χ4n) is 1.33. The van der Waals surface area contributed by atoms with E-state index < -0.39 is 10.0 Å². The van der Waals surface area contributed by atoms with Crippen molar-refractivity contribution in [1.82, 2.24) is 4.31 Å². The zero-order valence-electron chi connectivity index (χ0n) is 11.1. The average Bonchev–Trinajstić information content (AvgIpc) is 2.36. The van der Waals surface area contributed by atoms with Crippen LogP contribution in [0.1, 0.15) is 6.92 Å². The maximum absolute atomic E-state index is 11.8. The molecule has 0 aliphatic carbocycles. The Hall–Kier alpha value is -1.11. The summed E-state index contributed by atoms with van der Waals surface area (Å²) in [6.07, 6.45) is 0. The molecular formula is C12H21N3O2S. The van der Waals surface area contributed by atoms with Crippen molar-refractivity contribution in [3.05, 3.63) is 24.3 Å². The van der Waals surface area contributed by atoms with Crippen molar-refractivity contribution in [2.45, 2.75) is 11.8 Å². The van der Waals surface area contributed by atoms with E-state index in [-0.39, 0.29) is 0 Å². The van der Waals surface area contributed by atoms with Crippen LogP contribution in [0.15, 0.2) is 29.2 Å². The van der Waals surface area contributed by atoms with Crippen molar-refractivity contribution in [1.29, 1.82) is 0 Å². The van der Waals surface area contributed by atoms with Crippen LogP contribution in [-0.2, 0) is 10.0 Å². The molecule has 0 aliphatic heterocycles. The van der Waals surface area contributed by atoms with Crippen molar-refractivity contribution in [2.75, 3.05) is 32.5 Å². The largest absolute Gasteiger partial charge is 0.385 e. The summed E-state index contributed by atoms with van der Waals surface area (Å²) in [4.78, 5) is 0.296. The van der Waals surface area contributed by atoms with Gasteiger partial charge in [-0.2, -0.15) is 0 Å². The molecule has 102 valence electrons. The van der Waals surface area contributed by atoms with Crippen molar-refractivity contribution in [3.63, 3.8) is 0 Å². The molecule has 0 fully saturated rings. The third-order valence-corrected chi connectivity index (χ3v) is 4.52. The van der Waals surface area contributed by atoms with Crippen molar-refractivity contribution in [3.8, 4) is 0 Å². The normalized spacial score (nSPS) is 13.6. The Morgan fingerprint density at radius 1 is 1.28 bits per heavy atom. The highest BCUT2D eigenvalue weighted by Gasteiger charge is 2.16. The van der Waals surface area contributed by atoms with E-state index in [1.165, 1.54) is 18.4 Å². The molecule has 0 spiro atoms. The quantitative estimate of drug-likeness (QED) is 0.807. The van der Waals surface area contributed by atoms with Gasteiger partial charge < -0.3 is 11.1 Å². The van der Waals surface area contributed by atoms with E-state index in [2.05, 4.69) is 12.2 Å². The van der Waals surface area contributed by atoms with Gasteiger partial charge in [-0.25, -0.2) is 12.7 Å². The number of rotatable bonds is 6. The SMILES string of the molecule is CC(CN)CNc1ccc(S(=O)(=O)N(C)C)cc1. The maximum Gasteiger partial charge on any atom is 0.242 e. The molecule has 0 aliphatic rings. The summed E-state index contributed by atoms with van der Waals surface area (Å²) in [5, 5.41) is 3.21. The second kappa shape index (κ2) is 6.17. The van der Waals surface area contributed by atoms with Gasteiger partial charge in [-0.1, -0.05) is 6.92 Å². The third kappa shape index (κ3) is 3.69. The first-order chi connectivity index (χ1) is 8.37. The summed E-state index contributed by atoms with van der Waals surface area (Å²) < 4.78 is 24.9. The molecular weight excluding hydrogens is 250 g/mol. The van der Waals surface area contributed by atoms with Gasteiger partial charge in [0.15, 0.2) is 0 Å². The van der Waals surface area contributed by atoms with Gasteiger partial charge in [-0.05, 0) is 36.7 Å². The number of nitrogens with two attached hydrogens (primary N) is 1. The number of nitrogens with zero attached hydrogens (tertiary/aromatic N) is 1. The van der Waals surface area contributed by atoms with E-state index in [4.69, 9.17) is 5.73 Å². The average molecular weight is 271 g/mol. The van der Waals surface area contributed by atoms with Gasteiger partial charge >= 0.3 is 0 Å². The minimum absolute atomic E-state index is 0.296. The van der Waals surface area contributed by atoms with Crippen LogP contribution in [0.3, 0.4) is 0 Å². The molecule has 1 unspecified atom stereocenters. The lowest BCUT2D eigenvalue weighted by molar-refractivity contribution is 0.521. The lowest BCUT2D eigenvalue weighted by atomic mass is 10.2. The molecule has 6 heteroatoms. The van der Waals surface area contributed by atoms with Gasteiger partial charge in [0.25, 0.3) is 0 Å². The predicted molar refractivity (Wildman–Crippen MR) is 74.0 cm³/mol. The first-order valence-corrected chi connectivity index (χ1v) is 7.28. The Labute approximate surface area is 109 Å². The molecule has 1 aromatic carbocycles. The fraction of sp³-hybridized carbons (Fsp3) is 0.500. The van der Waals surface area contributed by atoms with Crippen LogP contribution >= 0.6 is 0 Å². The second-order valence-corrected chi connectivity index (χ2v) is 6.69. The van der Waals surface area contributed by atoms with E-state index in [0.29, 0.717) is 17.4 Å². The number of hydrogen-bond acceptors (Lipinski definition) is 4. The molecule has 0 bridgehead atoms. The third-order valence-electron chi connectivity index (χ3n) is 2.69. The van der Waals surface area contributed by atoms with E-state index in [1.54, 1.807) is 24.3 Å². The Kier molecular flexibility index (Phi) is 5.13. The minimum atomic E-state index is -3.34. The van der Waals surface area contributed by atoms with Crippen LogP contribution in [0.5, 0.6) is 0 Å². The molecule has 1 rings (SSSR count). The van der Waals surface area contributed by atoms with Crippen LogP contribution in [0.2, 0.25) is 0 Å². The summed E-state index contributed by atoms with van der Waals surface area (Å²) in [5.74, 6) is 0.384. The topological polar surface area (TPSA) is 75.4 Å². The number of nitrogens with one attached hydrogen (secondary N) is 1. The summed E-state index contributed by atoms with van der Waals surface area (Å²) in [7, 11) is -0.307. The molecule has 0 radical (unpaired) electrons. The van der Waals surface area contributed by atoms with Gasteiger partial charge in [0, 0.05) is 26.3 Å². The predicted octanol–water partition coefficient (Wildman–Crippen LogP) is 0.944. The molecule has 0 heterocycles. The zero-order chi connectivity index (χ0) is 13.8. The number of hydrogen-bond donors (Lipinski definition) is 2. The highest BCUT2D eigenvalue weighted by Crippen LogP contribution is 2.16. The van der Waals surface area contributed by atoms with Gasteiger partial charge in [0.1, 0.15) is 0 Å². The first kappa shape index (κ1) is 14.9. The van der Waals surface area contributed by atoms with Crippen molar-refractivity contribution < 1.29 is 8.42 Å². The van der Waals surface area contributed by atoms with E-state index in [0.717, 1.165) is 12.2 Å². The highest BCUT2D eigenvalue weighted by molar-refractivity contribution is 7.89. The summed E-state index contributed by atoms with van der Waals surface area (Å²) in [5.41, 5.74) is 6.42. The van der Waals surface area contributed by atoms with Crippen molar-refractivity contribution >= 4 is 15.7 Å². The lowest BCUT2D eigenvalue weighted by Gasteiger charge is -2.13. The van der Waals surface area contributed by atoms with Gasteiger partial charge in [-0.3, -0.25) is 0 Å². The molecule has 0 aromatic heterocycles. The fourth-order valence-corrected chi connectivity index (χ4v) is 2.23. The van der Waals surface area contributed by atoms with Crippen molar-refractivity contribution in [2.24, 2.45) is 11.7 Å². The van der Waals surface area contributed by atoms with Crippen LogP contribution in [-0.4, -0.2) is 39.9 Å². The standard InChI is InChI=1S/C12H21N3O2S/c1-10(8-13)9-14-11-4-6-12(7-5-11)18(16,17)15(2)3/h4-7,10,14H,8-9,13H2,1-3H3. The Morgan fingerprint density at radius 2 is 1.83 bits per heavy atom. The second-order valence-electron chi connectivity index (χ2n) is 4.53. The number of sulfonamides is 1. The zero-order valence-corrected chi connectivity index (χ0v) is 11.9. The first-order valence-electron chi connectivity index (χ1n) is 5.84. The van der Waals surface area contributed by atoms with Crippen LogP contribution in [0.4, 0.5) is 5.69 Å². The summed E-state index contributed by atoms with van der Waals surface area (Å²) >= 11 is 0. The summed E-state index contributed by atoms with van der Waals surface area (Å²) in [6, 6.07) is 6.73. The van der Waals surface area contributed by atoms with Crippen LogP contribution in [0.25, 0.3) is 0 Å². The smallest absolute Gasteiger partial charge is 0.242 e. The number of benzene rings is 1. The van der Waals surface area contributed by atoms with Gasteiger partial charge in [0.05, 0.1) is 4.90 Å². The molecule has 0 saturated heterocycles. The Bertz CT molecular complexity index is 469. The molecule has 0 amide bonds. The Balaban J connectivity index is 2.75. The maximum atomic E-state index is 11.8. The molecule has 5 nitrogen and oxygen atoms in total.